The molecule has 0 bridgehead atoms. The van der Waals surface area contributed by atoms with E-state index in [-0.39, 0.29) is 17.9 Å². The molecule has 3 rings (SSSR count). The van der Waals surface area contributed by atoms with Crippen molar-refractivity contribution in [2.24, 2.45) is 5.92 Å². The summed E-state index contributed by atoms with van der Waals surface area (Å²) in [5.74, 6) is -1.08. The van der Waals surface area contributed by atoms with Gasteiger partial charge in [-0.1, -0.05) is 12.1 Å². The van der Waals surface area contributed by atoms with Gasteiger partial charge in [-0.05, 0) is 37.8 Å². The average Bonchev–Trinajstić information content (AvgIpc) is 2.96. The molecule has 1 heterocycles. The van der Waals surface area contributed by atoms with Gasteiger partial charge in [0.2, 0.25) is 0 Å². The maximum atomic E-state index is 12.4. The second kappa shape index (κ2) is 5.60. The van der Waals surface area contributed by atoms with Crippen molar-refractivity contribution < 1.29 is 14.7 Å². The number of hydrogen-bond donors (Lipinski definition) is 3. The van der Waals surface area contributed by atoms with Crippen molar-refractivity contribution in [3.63, 3.8) is 0 Å². The summed E-state index contributed by atoms with van der Waals surface area (Å²) in [5, 5.41) is 13.0. The van der Waals surface area contributed by atoms with Crippen LogP contribution in [0.2, 0.25) is 0 Å². The summed E-state index contributed by atoms with van der Waals surface area (Å²) in [6.07, 6.45) is 4.53. The molecule has 1 aliphatic carbocycles. The van der Waals surface area contributed by atoms with Gasteiger partial charge < -0.3 is 15.4 Å². The molecule has 1 aromatic carbocycles. The quantitative estimate of drug-likeness (QED) is 0.811. The van der Waals surface area contributed by atoms with Gasteiger partial charge in [0.1, 0.15) is 0 Å². The van der Waals surface area contributed by atoms with E-state index in [0.29, 0.717) is 18.4 Å². The summed E-state index contributed by atoms with van der Waals surface area (Å²) in [5.41, 5.74) is 1.48. The van der Waals surface area contributed by atoms with E-state index in [0.717, 1.165) is 23.7 Å². The number of aromatic amines is 1. The second-order valence-electron chi connectivity index (χ2n) is 5.61. The molecule has 1 aliphatic rings. The van der Waals surface area contributed by atoms with Crippen molar-refractivity contribution >= 4 is 22.8 Å². The normalized spacial score (nSPS) is 22.1. The van der Waals surface area contributed by atoms with E-state index in [4.69, 9.17) is 5.11 Å². The Bertz CT molecular complexity index is 669. The monoisotopic (exact) mass is 286 g/mol. The van der Waals surface area contributed by atoms with Crippen LogP contribution in [0.3, 0.4) is 0 Å². The molecule has 0 saturated heterocycles. The Morgan fingerprint density at radius 3 is 2.62 bits per heavy atom. The van der Waals surface area contributed by atoms with Crippen LogP contribution in [0, 0.1) is 5.92 Å². The van der Waals surface area contributed by atoms with Gasteiger partial charge in [0.15, 0.2) is 0 Å². The molecule has 21 heavy (non-hydrogen) atoms. The third kappa shape index (κ3) is 2.77. The molecule has 1 amide bonds. The van der Waals surface area contributed by atoms with Gasteiger partial charge >= 0.3 is 5.97 Å². The molecule has 5 nitrogen and oxygen atoms in total. The van der Waals surface area contributed by atoms with E-state index in [1.54, 1.807) is 6.07 Å². The number of fused-ring (bicyclic) bond motifs is 1. The van der Waals surface area contributed by atoms with Crippen LogP contribution in [0.15, 0.2) is 30.5 Å². The number of para-hydroxylation sites is 1. The minimum absolute atomic E-state index is 0.0679. The number of carboxylic acid groups (broad SMARTS) is 1. The summed E-state index contributed by atoms with van der Waals surface area (Å²) in [7, 11) is 0. The first kappa shape index (κ1) is 13.7. The fourth-order valence-corrected chi connectivity index (χ4v) is 3.02. The highest BCUT2D eigenvalue weighted by Gasteiger charge is 2.27. The lowest BCUT2D eigenvalue weighted by Gasteiger charge is -2.26. The Balaban J connectivity index is 1.67. The first-order valence-electron chi connectivity index (χ1n) is 7.25. The lowest BCUT2D eigenvalue weighted by atomic mass is 9.86. The number of H-pyrrole nitrogens is 1. The molecule has 3 N–H and O–H groups in total. The zero-order valence-corrected chi connectivity index (χ0v) is 11.6. The maximum Gasteiger partial charge on any atom is 0.306 e. The molecule has 0 spiro atoms. The smallest absolute Gasteiger partial charge is 0.306 e. The summed E-state index contributed by atoms with van der Waals surface area (Å²) >= 11 is 0. The highest BCUT2D eigenvalue weighted by atomic mass is 16.4. The fraction of sp³-hybridized carbons (Fsp3) is 0.375. The van der Waals surface area contributed by atoms with E-state index in [1.807, 2.05) is 24.4 Å². The molecular weight excluding hydrogens is 268 g/mol. The Labute approximate surface area is 122 Å². The Hall–Kier alpha value is -2.30. The number of hydrogen-bond acceptors (Lipinski definition) is 2. The number of aliphatic carboxylic acids is 1. The summed E-state index contributed by atoms with van der Waals surface area (Å²) in [6, 6.07) is 7.63. The number of aromatic nitrogens is 1. The van der Waals surface area contributed by atoms with Crippen molar-refractivity contribution in [2.75, 3.05) is 0 Å². The molecule has 2 aromatic rings. The van der Waals surface area contributed by atoms with Gasteiger partial charge in [-0.15, -0.1) is 0 Å². The number of carbonyl (C=O) groups is 2. The van der Waals surface area contributed by atoms with Crippen LogP contribution in [0.25, 0.3) is 10.9 Å². The summed E-state index contributed by atoms with van der Waals surface area (Å²) in [4.78, 5) is 26.4. The van der Waals surface area contributed by atoms with E-state index in [9.17, 15) is 9.59 Å². The SMILES string of the molecule is O=C(NC1CCC(C(=O)O)CC1)c1cccc2cc[nH]c12. The molecular formula is C16H18N2O3. The van der Waals surface area contributed by atoms with Crippen LogP contribution in [-0.2, 0) is 4.79 Å². The Morgan fingerprint density at radius 2 is 1.90 bits per heavy atom. The molecule has 5 heteroatoms. The van der Waals surface area contributed by atoms with E-state index >= 15 is 0 Å². The van der Waals surface area contributed by atoms with Gasteiger partial charge in [-0.3, -0.25) is 9.59 Å². The van der Waals surface area contributed by atoms with Gasteiger partial charge in [0.05, 0.1) is 17.0 Å². The van der Waals surface area contributed by atoms with Crippen molar-refractivity contribution in [3.05, 3.63) is 36.0 Å². The van der Waals surface area contributed by atoms with Crippen LogP contribution in [0.4, 0.5) is 0 Å². The molecule has 110 valence electrons. The molecule has 0 aliphatic heterocycles. The number of nitrogens with one attached hydrogen (secondary N) is 2. The van der Waals surface area contributed by atoms with Gasteiger partial charge in [-0.2, -0.15) is 0 Å². The Morgan fingerprint density at radius 1 is 1.14 bits per heavy atom. The van der Waals surface area contributed by atoms with Crippen molar-refractivity contribution in [1.82, 2.24) is 10.3 Å². The molecule has 0 unspecified atom stereocenters. The van der Waals surface area contributed by atoms with Crippen LogP contribution in [-0.4, -0.2) is 28.0 Å². The number of amides is 1. The van der Waals surface area contributed by atoms with Crippen molar-refractivity contribution in [1.29, 1.82) is 0 Å². The lowest BCUT2D eigenvalue weighted by Crippen LogP contribution is -2.38. The molecule has 0 atom stereocenters. The standard InChI is InChI=1S/C16H18N2O3/c19-15(13-3-1-2-10-8-9-17-14(10)13)18-12-6-4-11(5-7-12)16(20)21/h1-3,8-9,11-12,17H,4-7H2,(H,18,19)(H,20,21). The van der Waals surface area contributed by atoms with Gasteiger partial charge in [0.25, 0.3) is 5.91 Å². The summed E-state index contributed by atoms with van der Waals surface area (Å²) in [6.45, 7) is 0. The van der Waals surface area contributed by atoms with Crippen LogP contribution in [0.5, 0.6) is 0 Å². The van der Waals surface area contributed by atoms with E-state index in [2.05, 4.69) is 10.3 Å². The molecule has 0 radical (unpaired) electrons. The average molecular weight is 286 g/mol. The zero-order valence-electron chi connectivity index (χ0n) is 11.6. The first-order chi connectivity index (χ1) is 10.1. The summed E-state index contributed by atoms with van der Waals surface area (Å²) < 4.78 is 0. The van der Waals surface area contributed by atoms with Crippen LogP contribution in [0.1, 0.15) is 36.0 Å². The van der Waals surface area contributed by atoms with Crippen molar-refractivity contribution in [3.8, 4) is 0 Å². The zero-order chi connectivity index (χ0) is 14.8. The fourth-order valence-electron chi connectivity index (χ4n) is 3.02. The first-order valence-corrected chi connectivity index (χ1v) is 7.25. The number of carbonyl (C=O) groups excluding carboxylic acids is 1. The van der Waals surface area contributed by atoms with Gasteiger partial charge in [-0.25, -0.2) is 0 Å². The predicted molar refractivity (Wildman–Crippen MR) is 79.1 cm³/mol. The maximum absolute atomic E-state index is 12.4. The van der Waals surface area contributed by atoms with Gasteiger partial charge in [0, 0.05) is 17.6 Å². The predicted octanol–water partition coefficient (Wildman–Crippen LogP) is 2.54. The molecule has 1 fully saturated rings. The van der Waals surface area contributed by atoms with E-state index < -0.39 is 5.97 Å². The van der Waals surface area contributed by atoms with Crippen LogP contribution >= 0.6 is 0 Å². The molecule has 1 saturated carbocycles. The minimum Gasteiger partial charge on any atom is -0.481 e. The topological polar surface area (TPSA) is 82.2 Å². The number of benzene rings is 1. The largest absolute Gasteiger partial charge is 0.481 e. The molecule has 1 aromatic heterocycles. The van der Waals surface area contributed by atoms with Crippen LogP contribution < -0.4 is 5.32 Å². The lowest BCUT2D eigenvalue weighted by molar-refractivity contribution is -0.142. The van der Waals surface area contributed by atoms with Crippen molar-refractivity contribution in [2.45, 2.75) is 31.7 Å². The minimum atomic E-state index is -0.726. The highest BCUT2D eigenvalue weighted by Crippen LogP contribution is 2.25. The Kier molecular flexibility index (Phi) is 3.64. The van der Waals surface area contributed by atoms with E-state index in [1.165, 1.54) is 0 Å². The number of rotatable bonds is 3. The number of carboxylic acids is 1. The third-order valence-electron chi connectivity index (χ3n) is 4.24. The third-order valence-corrected chi connectivity index (χ3v) is 4.24. The highest BCUT2D eigenvalue weighted by molar-refractivity contribution is 6.05. The second-order valence-corrected chi connectivity index (χ2v) is 5.61.